The van der Waals surface area contributed by atoms with E-state index in [2.05, 4.69) is 11.1 Å². The minimum Gasteiger partial charge on any atom is -0.497 e. The molecule has 1 heterocycles. The second-order valence-corrected chi connectivity index (χ2v) is 8.09. The zero-order chi connectivity index (χ0) is 21.8. The van der Waals surface area contributed by atoms with Crippen molar-refractivity contribution in [2.45, 2.75) is 11.7 Å². The normalized spacial score (nSPS) is 10.9. The number of methoxy groups -OCH3 is 1. The summed E-state index contributed by atoms with van der Waals surface area (Å²) in [5.41, 5.74) is 1.73. The van der Waals surface area contributed by atoms with E-state index >= 15 is 0 Å². The first-order chi connectivity index (χ1) is 15.0. The average Bonchev–Trinajstić information content (AvgIpc) is 3.25. The van der Waals surface area contributed by atoms with Crippen LogP contribution in [0.25, 0.3) is 16.5 Å². The number of benzene rings is 3. The molecule has 7 heteroatoms. The molecule has 0 unspecified atom stereocenters. The van der Waals surface area contributed by atoms with Gasteiger partial charge in [0.25, 0.3) is 0 Å². The topological polar surface area (TPSA) is 47.4 Å². The molecule has 4 rings (SSSR count). The highest BCUT2D eigenvalue weighted by Crippen LogP contribution is 2.24. The van der Waals surface area contributed by atoms with Crippen LogP contribution in [0.3, 0.4) is 0 Å². The molecule has 0 N–H and O–H groups in total. The van der Waals surface area contributed by atoms with Crippen LogP contribution in [0.15, 0.2) is 78.2 Å². The van der Waals surface area contributed by atoms with Crippen molar-refractivity contribution in [3.63, 3.8) is 0 Å². The van der Waals surface area contributed by atoms with Gasteiger partial charge < -0.3 is 9.64 Å². The third-order valence-corrected chi connectivity index (χ3v) is 5.93. The molecule has 4 aromatic rings. The van der Waals surface area contributed by atoms with Crippen LogP contribution in [-0.2, 0) is 11.3 Å². The summed E-state index contributed by atoms with van der Waals surface area (Å²) in [4.78, 5) is 18.7. The lowest BCUT2D eigenvalue weighted by Gasteiger charge is -2.17. The van der Waals surface area contributed by atoms with Crippen molar-refractivity contribution in [2.75, 3.05) is 19.9 Å². The number of halogens is 1. The van der Waals surface area contributed by atoms with E-state index in [0.29, 0.717) is 17.4 Å². The van der Waals surface area contributed by atoms with Gasteiger partial charge in [0, 0.05) is 26.0 Å². The van der Waals surface area contributed by atoms with Crippen LogP contribution in [0.5, 0.6) is 5.75 Å². The van der Waals surface area contributed by atoms with E-state index in [1.807, 2.05) is 30.3 Å². The van der Waals surface area contributed by atoms with Gasteiger partial charge in [-0.05, 0) is 52.7 Å². The van der Waals surface area contributed by atoms with E-state index in [1.165, 1.54) is 23.9 Å². The lowest BCUT2D eigenvalue weighted by Crippen LogP contribution is -2.27. The Labute approximate surface area is 184 Å². The molecular formula is C24H22FN3O2S. The summed E-state index contributed by atoms with van der Waals surface area (Å²) in [6.45, 7) is 0.514. The lowest BCUT2D eigenvalue weighted by atomic mass is 10.1. The van der Waals surface area contributed by atoms with Gasteiger partial charge >= 0.3 is 0 Å². The molecule has 0 spiro atoms. The SMILES string of the molecule is COc1ccc2cc(CN(C)C(=O)CSc3nccn3-c3cccc(F)c3)ccc2c1. The predicted molar refractivity (Wildman–Crippen MR) is 121 cm³/mol. The van der Waals surface area contributed by atoms with Crippen molar-refractivity contribution in [3.8, 4) is 11.4 Å². The number of amides is 1. The van der Waals surface area contributed by atoms with E-state index < -0.39 is 0 Å². The van der Waals surface area contributed by atoms with E-state index in [0.717, 1.165) is 22.1 Å². The second-order valence-electron chi connectivity index (χ2n) is 7.15. The highest BCUT2D eigenvalue weighted by atomic mass is 32.2. The first-order valence-corrected chi connectivity index (χ1v) is 10.7. The zero-order valence-electron chi connectivity index (χ0n) is 17.3. The van der Waals surface area contributed by atoms with Gasteiger partial charge in [-0.1, -0.05) is 36.0 Å². The minimum absolute atomic E-state index is 0.00591. The maximum Gasteiger partial charge on any atom is 0.233 e. The Morgan fingerprint density at radius 2 is 1.94 bits per heavy atom. The summed E-state index contributed by atoms with van der Waals surface area (Å²) >= 11 is 1.33. The van der Waals surface area contributed by atoms with Crippen LogP contribution < -0.4 is 4.74 Å². The molecule has 3 aromatic carbocycles. The summed E-state index contributed by atoms with van der Waals surface area (Å²) in [5.74, 6) is 0.745. The quantitative estimate of drug-likeness (QED) is 0.387. The number of hydrogen-bond acceptors (Lipinski definition) is 4. The van der Waals surface area contributed by atoms with Crippen LogP contribution in [-0.4, -0.2) is 40.3 Å². The molecule has 0 atom stereocenters. The number of nitrogens with zero attached hydrogens (tertiary/aromatic N) is 3. The summed E-state index contributed by atoms with van der Waals surface area (Å²) < 4.78 is 20.6. The number of thioether (sulfide) groups is 1. The van der Waals surface area contributed by atoms with Crippen molar-refractivity contribution in [1.29, 1.82) is 0 Å². The Balaban J connectivity index is 1.40. The molecule has 5 nitrogen and oxygen atoms in total. The van der Waals surface area contributed by atoms with Crippen LogP contribution in [0.4, 0.5) is 4.39 Å². The van der Waals surface area contributed by atoms with E-state index in [-0.39, 0.29) is 17.5 Å². The molecule has 158 valence electrons. The molecule has 1 amide bonds. The first kappa shape index (κ1) is 20.9. The molecule has 0 fully saturated rings. The number of aromatic nitrogens is 2. The third-order valence-electron chi connectivity index (χ3n) is 4.98. The van der Waals surface area contributed by atoms with Crippen LogP contribution in [0.2, 0.25) is 0 Å². The monoisotopic (exact) mass is 435 g/mol. The Bertz CT molecular complexity index is 1220. The van der Waals surface area contributed by atoms with E-state index in [9.17, 15) is 9.18 Å². The van der Waals surface area contributed by atoms with Gasteiger partial charge in [-0.25, -0.2) is 9.37 Å². The van der Waals surface area contributed by atoms with Gasteiger partial charge in [0.15, 0.2) is 5.16 Å². The standard InChI is InChI=1S/C24H22FN3O2S/c1-27(15-17-6-7-19-13-22(30-2)9-8-18(19)12-17)23(29)16-31-24-26-10-11-28(24)21-5-3-4-20(25)14-21/h3-14H,15-16H2,1-2H3. The Morgan fingerprint density at radius 3 is 2.74 bits per heavy atom. The molecule has 0 aliphatic rings. The highest BCUT2D eigenvalue weighted by molar-refractivity contribution is 7.99. The fourth-order valence-corrected chi connectivity index (χ4v) is 4.23. The molecule has 0 aliphatic carbocycles. The van der Waals surface area contributed by atoms with Gasteiger partial charge in [0.05, 0.1) is 18.6 Å². The first-order valence-electron chi connectivity index (χ1n) is 9.76. The number of imidazole rings is 1. The van der Waals surface area contributed by atoms with Crippen LogP contribution >= 0.6 is 11.8 Å². The maximum absolute atomic E-state index is 13.5. The Hall–Kier alpha value is -3.32. The smallest absolute Gasteiger partial charge is 0.233 e. The minimum atomic E-state index is -0.313. The van der Waals surface area contributed by atoms with Crippen molar-refractivity contribution in [2.24, 2.45) is 0 Å². The number of rotatable bonds is 7. The molecule has 1 aromatic heterocycles. The van der Waals surface area contributed by atoms with Crippen LogP contribution in [0, 0.1) is 5.82 Å². The molecule has 0 saturated carbocycles. The molecule has 0 radical (unpaired) electrons. The molecule has 0 saturated heterocycles. The zero-order valence-corrected chi connectivity index (χ0v) is 18.1. The maximum atomic E-state index is 13.5. The van der Waals surface area contributed by atoms with Gasteiger partial charge in [-0.15, -0.1) is 0 Å². The summed E-state index contributed by atoms with van der Waals surface area (Å²) in [5, 5.41) is 2.84. The lowest BCUT2D eigenvalue weighted by molar-refractivity contribution is -0.127. The average molecular weight is 436 g/mol. The summed E-state index contributed by atoms with van der Waals surface area (Å²) in [6, 6.07) is 18.4. The molecule has 31 heavy (non-hydrogen) atoms. The Morgan fingerprint density at radius 1 is 1.13 bits per heavy atom. The molecule has 0 bridgehead atoms. The largest absolute Gasteiger partial charge is 0.497 e. The van der Waals surface area contributed by atoms with E-state index in [4.69, 9.17) is 4.74 Å². The summed E-state index contributed by atoms with van der Waals surface area (Å²) in [7, 11) is 3.44. The Kier molecular flexibility index (Phi) is 6.23. The molecule has 0 aliphatic heterocycles. The van der Waals surface area contributed by atoms with Crippen LogP contribution in [0.1, 0.15) is 5.56 Å². The molecular weight excluding hydrogens is 413 g/mol. The van der Waals surface area contributed by atoms with Crippen molar-refractivity contribution >= 4 is 28.4 Å². The predicted octanol–water partition coefficient (Wildman–Crippen LogP) is 4.92. The van der Waals surface area contributed by atoms with Gasteiger partial charge in [0.2, 0.25) is 5.91 Å². The highest BCUT2D eigenvalue weighted by Gasteiger charge is 2.13. The number of carbonyl (C=O) groups is 1. The van der Waals surface area contributed by atoms with E-state index in [1.54, 1.807) is 48.2 Å². The van der Waals surface area contributed by atoms with Crippen molar-refractivity contribution in [3.05, 3.63) is 84.4 Å². The number of hydrogen-bond donors (Lipinski definition) is 0. The van der Waals surface area contributed by atoms with Crippen molar-refractivity contribution < 1.29 is 13.9 Å². The number of fused-ring (bicyclic) bond motifs is 1. The number of carbonyl (C=O) groups excluding carboxylic acids is 1. The second kappa shape index (κ2) is 9.22. The van der Waals surface area contributed by atoms with Gasteiger partial charge in [0.1, 0.15) is 11.6 Å². The fraction of sp³-hybridized carbons (Fsp3) is 0.167. The summed E-state index contributed by atoms with van der Waals surface area (Å²) in [6.07, 6.45) is 3.40. The number of ether oxygens (including phenoxy) is 1. The van der Waals surface area contributed by atoms with Gasteiger partial charge in [-0.2, -0.15) is 0 Å². The van der Waals surface area contributed by atoms with Gasteiger partial charge in [-0.3, -0.25) is 9.36 Å². The fourth-order valence-electron chi connectivity index (χ4n) is 3.32. The van der Waals surface area contributed by atoms with Crippen molar-refractivity contribution in [1.82, 2.24) is 14.5 Å². The third kappa shape index (κ3) is 4.88.